The molecular formula is C14H20ClNO2. The maximum absolute atomic E-state index is 10.9. The zero-order chi connectivity index (χ0) is 12.7. The average molecular weight is 270 g/mol. The Hall–Kier alpha value is -1.32. The van der Waals surface area contributed by atoms with Crippen LogP contribution in [0.5, 0.6) is 0 Å². The highest BCUT2D eigenvalue weighted by molar-refractivity contribution is 5.85. The van der Waals surface area contributed by atoms with E-state index in [-0.39, 0.29) is 24.4 Å². The molecule has 0 amide bonds. The van der Waals surface area contributed by atoms with Crippen LogP contribution >= 0.6 is 12.4 Å². The molecule has 100 valence electrons. The molecule has 0 saturated carbocycles. The van der Waals surface area contributed by atoms with E-state index in [1.54, 1.807) is 0 Å². The van der Waals surface area contributed by atoms with Crippen LogP contribution in [0.4, 0.5) is 0 Å². The lowest BCUT2D eigenvalue weighted by atomic mass is 10.0. The molecule has 0 aliphatic carbocycles. The van der Waals surface area contributed by atoms with Gasteiger partial charge in [0, 0.05) is 18.5 Å². The van der Waals surface area contributed by atoms with E-state index in [1.165, 1.54) is 11.6 Å². The molecule has 0 aliphatic heterocycles. The number of carbonyl (C=O) groups is 1. The van der Waals surface area contributed by atoms with Crippen LogP contribution in [0.1, 0.15) is 18.0 Å². The summed E-state index contributed by atoms with van der Waals surface area (Å²) >= 11 is 0. The van der Waals surface area contributed by atoms with Crippen molar-refractivity contribution in [1.29, 1.82) is 0 Å². The molecule has 1 atom stereocenters. The highest BCUT2D eigenvalue weighted by atomic mass is 35.5. The van der Waals surface area contributed by atoms with Crippen molar-refractivity contribution in [3.8, 4) is 0 Å². The molecule has 0 bridgehead atoms. The first-order chi connectivity index (χ1) is 8.15. The Morgan fingerprint density at radius 1 is 1.39 bits per heavy atom. The van der Waals surface area contributed by atoms with Crippen molar-refractivity contribution in [2.45, 2.75) is 12.5 Å². The smallest absolute Gasteiger partial charge is 0.330 e. The number of carbonyl (C=O) groups excluding carboxylic acids is 1. The molecule has 0 fully saturated rings. The molecule has 1 unspecified atom stereocenters. The van der Waals surface area contributed by atoms with Crippen LogP contribution in [0.2, 0.25) is 0 Å². The van der Waals surface area contributed by atoms with Crippen molar-refractivity contribution < 1.29 is 9.53 Å². The molecular weight excluding hydrogens is 250 g/mol. The van der Waals surface area contributed by atoms with E-state index in [2.05, 4.69) is 23.6 Å². The number of benzene rings is 1. The monoisotopic (exact) mass is 269 g/mol. The first kappa shape index (κ1) is 16.7. The highest BCUT2D eigenvalue weighted by Gasteiger charge is 2.13. The van der Waals surface area contributed by atoms with Crippen LogP contribution in [0.15, 0.2) is 43.0 Å². The number of rotatable bonds is 6. The van der Waals surface area contributed by atoms with E-state index in [1.807, 2.05) is 32.3 Å². The molecule has 0 aliphatic rings. The predicted molar refractivity (Wildman–Crippen MR) is 75.9 cm³/mol. The Balaban J connectivity index is 0.00000289. The van der Waals surface area contributed by atoms with E-state index < -0.39 is 0 Å². The van der Waals surface area contributed by atoms with Gasteiger partial charge in [-0.25, -0.2) is 4.79 Å². The standard InChI is InChI=1S/C14H19NO2.ClH/c1-4-14(16)17-11-10-13(15(2)3)12-8-6-5-7-9-12;/h4-9,13H,1,10-11H2,2-3H3;1H. The van der Waals surface area contributed by atoms with Crippen LogP contribution < -0.4 is 0 Å². The van der Waals surface area contributed by atoms with Gasteiger partial charge in [0.05, 0.1) is 6.61 Å². The zero-order valence-electron chi connectivity index (χ0n) is 10.8. The van der Waals surface area contributed by atoms with Crippen molar-refractivity contribution in [1.82, 2.24) is 4.90 Å². The Morgan fingerprint density at radius 3 is 2.50 bits per heavy atom. The molecule has 1 aromatic rings. The van der Waals surface area contributed by atoms with Gasteiger partial charge in [0.15, 0.2) is 0 Å². The molecule has 1 aromatic carbocycles. The quantitative estimate of drug-likeness (QED) is 0.588. The minimum absolute atomic E-state index is 0. The Labute approximate surface area is 115 Å². The fraction of sp³-hybridized carbons (Fsp3) is 0.357. The summed E-state index contributed by atoms with van der Waals surface area (Å²) in [5, 5.41) is 0. The van der Waals surface area contributed by atoms with Gasteiger partial charge in [-0.1, -0.05) is 36.9 Å². The summed E-state index contributed by atoms with van der Waals surface area (Å²) in [7, 11) is 4.04. The van der Waals surface area contributed by atoms with Crippen LogP contribution in [-0.4, -0.2) is 31.6 Å². The number of halogens is 1. The summed E-state index contributed by atoms with van der Waals surface area (Å²) in [6, 6.07) is 10.4. The van der Waals surface area contributed by atoms with E-state index in [0.717, 1.165) is 6.42 Å². The van der Waals surface area contributed by atoms with Crippen molar-refractivity contribution in [2.24, 2.45) is 0 Å². The SMILES string of the molecule is C=CC(=O)OCCC(c1ccccc1)N(C)C.Cl. The third-order valence-corrected chi connectivity index (χ3v) is 2.61. The summed E-state index contributed by atoms with van der Waals surface area (Å²) in [5.41, 5.74) is 1.23. The lowest BCUT2D eigenvalue weighted by Gasteiger charge is -2.24. The Bertz CT molecular complexity index is 365. The predicted octanol–water partition coefficient (Wildman–Crippen LogP) is 2.83. The van der Waals surface area contributed by atoms with Gasteiger partial charge >= 0.3 is 5.97 Å². The molecule has 0 heterocycles. The third-order valence-electron chi connectivity index (χ3n) is 2.61. The number of esters is 1. The van der Waals surface area contributed by atoms with Crippen molar-refractivity contribution in [2.75, 3.05) is 20.7 Å². The summed E-state index contributed by atoms with van der Waals surface area (Å²) in [5.74, 6) is -0.365. The largest absolute Gasteiger partial charge is 0.462 e. The average Bonchev–Trinajstić information content (AvgIpc) is 2.34. The van der Waals surface area contributed by atoms with Gasteiger partial charge in [0.25, 0.3) is 0 Å². The van der Waals surface area contributed by atoms with Gasteiger partial charge in [-0.15, -0.1) is 12.4 Å². The van der Waals surface area contributed by atoms with Crippen LogP contribution in [0, 0.1) is 0 Å². The number of hydrogen-bond acceptors (Lipinski definition) is 3. The van der Waals surface area contributed by atoms with E-state index in [4.69, 9.17) is 4.74 Å². The summed E-state index contributed by atoms with van der Waals surface area (Å²) in [6.07, 6.45) is 1.96. The molecule has 0 saturated heterocycles. The van der Waals surface area contributed by atoms with Crippen LogP contribution in [0.3, 0.4) is 0 Å². The van der Waals surface area contributed by atoms with E-state index >= 15 is 0 Å². The third kappa shape index (κ3) is 5.34. The summed E-state index contributed by atoms with van der Waals surface area (Å²) in [6.45, 7) is 3.77. The minimum atomic E-state index is -0.365. The second-order valence-electron chi connectivity index (χ2n) is 4.05. The fourth-order valence-electron chi connectivity index (χ4n) is 1.73. The summed E-state index contributed by atoms with van der Waals surface area (Å²) in [4.78, 5) is 13.1. The van der Waals surface area contributed by atoms with Gasteiger partial charge < -0.3 is 9.64 Å². The van der Waals surface area contributed by atoms with E-state index in [0.29, 0.717) is 6.61 Å². The molecule has 3 nitrogen and oxygen atoms in total. The van der Waals surface area contributed by atoms with Crippen molar-refractivity contribution in [3.63, 3.8) is 0 Å². The Kier molecular flexibility index (Phi) is 8.08. The topological polar surface area (TPSA) is 29.5 Å². The molecule has 0 aromatic heterocycles. The number of hydrogen-bond donors (Lipinski definition) is 0. The van der Waals surface area contributed by atoms with E-state index in [9.17, 15) is 4.79 Å². The maximum atomic E-state index is 10.9. The summed E-state index contributed by atoms with van der Waals surface area (Å²) < 4.78 is 5.01. The highest BCUT2D eigenvalue weighted by Crippen LogP contribution is 2.21. The van der Waals surface area contributed by atoms with Crippen molar-refractivity contribution >= 4 is 18.4 Å². The number of nitrogens with zero attached hydrogens (tertiary/aromatic N) is 1. The van der Waals surface area contributed by atoms with Crippen molar-refractivity contribution in [3.05, 3.63) is 48.6 Å². The maximum Gasteiger partial charge on any atom is 0.330 e. The lowest BCUT2D eigenvalue weighted by molar-refractivity contribution is -0.138. The second kappa shape index (κ2) is 8.72. The molecule has 0 N–H and O–H groups in total. The van der Waals surface area contributed by atoms with Gasteiger partial charge in [-0.3, -0.25) is 0 Å². The first-order valence-corrected chi connectivity index (χ1v) is 5.65. The molecule has 1 rings (SSSR count). The van der Waals surface area contributed by atoms with Gasteiger partial charge in [-0.05, 0) is 19.7 Å². The zero-order valence-corrected chi connectivity index (χ0v) is 11.7. The molecule has 0 spiro atoms. The van der Waals surface area contributed by atoms with Crippen LogP contribution in [-0.2, 0) is 9.53 Å². The molecule has 4 heteroatoms. The Morgan fingerprint density at radius 2 is 2.00 bits per heavy atom. The number of ether oxygens (including phenoxy) is 1. The minimum Gasteiger partial charge on any atom is -0.462 e. The van der Waals surface area contributed by atoms with Gasteiger partial charge in [0.2, 0.25) is 0 Å². The fourth-order valence-corrected chi connectivity index (χ4v) is 1.73. The van der Waals surface area contributed by atoms with Crippen LogP contribution in [0.25, 0.3) is 0 Å². The van der Waals surface area contributed by atoms with Gasteiger partial charge in [-0.2, -0.15) is 0 Å². The van der Waals surface area contributed by atoms with Gasteiger partial charge in [0.1, 0.15) is 0 Å². The lowest BCUT2D eigenvalue weighted by Crippen LogP contribution is -2.22. The molecule has 18 heavy (non-hydrogen) atoms. The second-order valence-corrected chi connectivity index (χ2v) is 4.05. The molecule has 0 radical (unpaired) electrons. The first-order valence-electron chi connectivity index (χ1n) is 5.65. The normalized spacial score (nSPS) is 11.5.